The van der Waals surface area contributed by atoms with E-state index in [1.54, 1.807) is 35.7 Å². The Bertz CT molecular complexity index is 1040. The number of aromatic carboxylic acids is 1. The Hall–Kier alpha value is -3.39. The van der Waals surface area contributed by atoms with E-state index >= 15 is 0 Å². The Kier molecular flexibility index (Phi) is 3.58. The summed E-state index contributed by atoms with van der Waals surface area (Å²) in [7, 11) is 0. The van der Waals surface area contributed by atoms with Gasteiger partial charge in [-0.25, -0.2) is 9.78 Å². The SMILES string of the molecule is O=C(Nc1scc(-c2ccoc2)c1C(=O)O)c1nc2ccccc2o1. The van der Waals surface area contributed by atoms with Gasteiger partial charge in [0.05, 0.1) is 12.5 Å². The fraction of sp³-hybridized carbons (Fsp3) is 0. The summed E-state index contributed by atoms with van der Waals surface area (Å²) < 4.78 is 10.4. The highest BCUT2D eigenvalue weighted by Gasteiger charge is 2.23. The summed E-state index contributed by atoms with van der Waals surface area (Å²) in [5.41, 5.74) is 2.12. The number of carboxylic acids is 1. The van der Waals surface area contributed by atoms with Crippen LogP contribution in [-0.2, 0) is 0 Å². The number of furan rings is 1. The summed E-state index contributed by atoms with van der Waals surface area (Å²) in [5, 5.41) is 13.9. The van der Waals surface area contributed by atoms with Gasteiger partial charge in [0.25, 0.3) is 5.89 Å². The van der Waals surface area contributed by atoms with Crippen molar-refractivity contribution in [2.45, 2.75) is 0 Å². The summed E-state index contributed by atoms with van der Waals surface area (Å²) in [6, 6.07) is 8.63. The van der Waals surface area contributed by atoms with E-state index < -0.39 is 11.9 Å². The molecule has 0 fully saturated rings. The first-order chi connectivity index (χ1) is 12.1. The highest BCUT2D eigenvalue weighted by atomic mass is 32.1. The Morgan fingerprint density at radius 3 is 2.76 bits per heavy atom. The molecule has 0 radical (unpaired) electrons. The number of nitrogens with one attached hydrogen (secondary N) is 1. The molecule has 0 unspecified atom stereocenters. The van der Waals surface area contributed by atoms with Gasteiger partial charge >= 0.3 is 11.9 Å². The number of fused-ring (bicyclic) bond motifs is 1. The molecule has 0 atom stereocenters. The van der Waals surface area contributed by atoms with E-state index in [0.717, 1.165) is 11.3 Å². The van der Waals surface area contributed by atoms with E-state index in [9.17, 15) is 14.7 Å². The summed E-state index contributed by atoms with van der Waals surface area (Å²) in [6.45, 7) is 0. The average molecular weight is 354 g/mol. The predicted molar refractivity (Wildman–Crippen MR) is 90.9 cm³/mol. The van der Waals surface area contributed by atoms with Gasteiger partial charge in [-0.05, 0) is 18.2 Å². The van der Waals surface area contributed by atoms with Crippen LogP contribution >= 0.6 is 11.3 Å². The number of nitrogens with zero attached hydrogens (tertiary/aromatic N) is 1. The van der Waals surface area contributed by atoms with Gasteiger partial charge in [-0.15, -0.1) is 11.3 Å². The minimum atomic E-state index is -1.15. The number of anilines is 1. The van der Waals surface area contributed by atoms with E-state index in [4.69, 9.17) is 8.83 Å². The van der Waals surface area contributed by atoms with Gasteiger partial charge in [0.1, 0.15) is 16.1 Å². The third-order valence-electron chi connectivity index (χ3n) is 3.55. The number of carbonyl (C=O) groups excluding carboxylic acids is 1. The van der Waals surface area contributed by atoms with Crippen molar-refractivity contribution < 1.29 is 23.5 Å². The molecule has 0 aliphatic rings. The second-order valence-corrected chi connectivity index (χ2v) is 5.99. The van der Waals surface area contributed by atoms with Crippen molar-refractivity contribution in [3.8, 4) is 11.1 Å². The second kappa shape index (κ2) is 5.91. The Morgan fingerprint density at radius 2 is 2.04 bits per heavy atom. The first-order valence-electron chi connectivity index (χ1n) is 7.18. The maximum atomic E-state index is 12.4. The highest BCUT2D eigenvalue weighted by Crippen LogP contribution is 2.36. The van der Waals surface area contributed by atoms with E-state index in [0.29, 0.717) is 22.2 Å². The maximum absolute atomic E-state index is 12.4. The lowest BCUT2D eigenvalue weighted by atomic mass is 10.1. The number of carboxylic acid groups (broad SMARTS) is 1. The molecule has 3 heterocycles. The van der Waals surface area contributed by atoms with E-state index in [-0.39, 0.29) is 16.5 Å². The van der Waals surface area contributed by atoms with Gasteiger partial charge < -0.3 is 19.3 Å². The quantitative estimate of drug-likeness (QED) is 0.571. The number of amides is 1. The summed E-state index contributed by atoms with van der Waals surface area (Å²) in [5.74, 6) is -1.89. The summed E-state index contributed by atoms with van der Waals surface area (Å²) >= 11 is 1.11. The molecule has 1 amide bonds. The van der Waals surface area contributed by atoms with Crippen LogP contribution in [0.1, 0.15) is 21.0 Å². The molecule has 0 spiro atoms. The number of hydrogen-bond donors (Lipinski definition) is 2. The van der Waals surface area contributed by atoms with E-state index in [1.165, 1.54) is 12.5 Å². The summed E-state index contributed by atoms with van der Waals surface area (Å²) in [6.07, 6.45) is 2.90. The first kappa shape index (κ1) is 15.2. The lowest BCUT2D eigenvalue weighted by molar-refractivity contribution is 0.0699. The van der Waals surface area contributed by atoms with Gasteiger partial charge in [0.15, 0.2) is 5.58 Å². The van der Waals surface area contributed by atoms with Crippen LogP contribution in [0.5, 0.6) is 0 Å². The lowest BCUT2D eigenvalue weighted by Crippen LogP contribution is -2.13. The smallest absolute Gasteiger partial charge is 0.339 e. The molecule has 0 aliphatic heterocycles. The molecule has 0 saturated heterocycles. The summed E-state index contributed by atoms with van der Waals surface area (Å²) in [4.78, 5) is 28.1. The normalized spacial score (nSPS) is 10.9. The van der Waals surface area contributed by atoms with Gasteiger partial charge in [-0.1, -0.05) is 12.1 Å². The zero-order chi connectivity index (χ0) is 17.4. The van der Waals surface area contributed by atoms with Crippen LogP contribution < -0.4 is 5.32 Å². The van der Waals surface area contributed by atoms with Crippen LogP contribution in [0.3, 0.4) is 0 Å². The van der Waals surface area contributed by atoms with Gasteiger partial charge in [0.2, 0.25) is 0 Å². The molecule has 124 valence electrons. The standard InChI is InChI=1S/C17H10N2O5S/c20-14(15-18-11-3-1-2-4-12(11)24-15)19-16-13(17(21)22)10(8-25-16)9-5-6-23-7-9/h1-8H,(H,19,20)(H,21,22). The van der Waals surface area contributed by atoms with Crippen molar-refractivity contribution in [1.29, 1.82) is 0 Å². The molecule has 4 rings (SSSR count). The maximum Gasteiger partial charge on any atom is 0.339 e. The van der Waals surface area contributed by atoms with Crippen LogP contribution in [0.15, 0.2) is 57.1 Å². The molecule has 4 aromatic rings. The zero-order valence-corrected chi connectivity index (χ0v) is 13.4. The van der Waals surface area contributed by atoms with Crippen LogP contribution in [0.4, 0.5) is 5.00 Å². The molecule has 3 aromatic heterocycles. The van der Waals surface area contributed by atoms with Crippen molar-refractivity contribution in [3.05, 3.63) is 59.7 Å². The van der Waals surface area contributed by atoms with Crippen LogP contribution in [0.25, 0.3) is 22.2 Å². The molecule has 0 aliphatic carbocycles. The van der Waals surface area contributed by atoms with Crippen LogP contribution in [0, 0.1) is 0 Å². The van der Waals surface area contributed by atoms with E-state index in [1.807, 2.05) is 0 Å². The molecular formula is C17H10N2O5S. The van der Waals surface area contributed by atoms with Gasteiger partial charge in [-0.3, -0.25) is 4.79 Å². The van der Waals surface area contributed by atoms with Gasteiger partial charge in [-0.2, -0.15) is 0 Å². The first-order valence-corrected chi connectivity index (χ1v) is 8.05. The van der Waals surface area contributed by atoms with Crippen molar-refractivity contribution in [3.63, 3.8) is 0 Å². The Balaban J connectivity index is 1.68. The molecule has 0 bridgehead atoms. The third-order valence-corrected chi connectivity index (χ3v) is 4.45. The third kappa shape index (κ3) is 2.68. The molecule has 7 nitrogen and oxygen atoms in total. The molecule has 0 saturated carbocycles. The second-order valence-electron chi connectivity index (χ2n) is 5.11. The molecule has 2 N–H and O–H groups in total. The topological polar surface area (TPSA) is 106 Å². The number of thiophene rings is 1. The molecule has 1 aromatic carbocycles. The number of carbonyl (C=O) groups is 2. The highest BCUT2D eigenvalue weighted by molar-refractivity contribution is 7.15. The van der Waals surface area contributed by atoms with Crippen molar-refractivity contribution in [1.82, 2.24) is 4.98 Å². The minimum Gasteiger partial charge on any atom is -0.478 e. The number of para-hydroxylation sites is 2. The van der Waals surface area contributed by atoms with Crippen molar-refractivity contribution >= 4 is 39.3 Å². The number of oxazole rings is 1. The minimum absolute atomic E-state index is 0.00383. The van der Waals surface area contributed by atoms with Crippen LogP contribution in [0.2, 0.25) is 0 Å². The van der Waals surface area contributed by atoms with Crippen molar-refractivity contribution in [2.24, 2.45) is 0 Å². The Labute approximate surface area is 144 Å². The lowest BCUT2D eigenvalue weighted by Gasteiger charge is -2.02. The zero-order valence-electron chi connectivity index (χ0n) is 12.6. The van der Waals surface area contributed by atoms with Crippen LogP contribution in [-0.4, -0.2) is 22.0 Å². The predicted octanol–water partition coefficient (Wildman–Crippen LogP) is 4.10. The van der Waals surface area contributed by atoms with E-state index in [2.05, 4.69) is 10.3 Å². The fourth-order valence-corrected chi connectivity index (χ4v) is 3.37. The largest absolute Gasteiger partial charge is 0.478 e. The fourth-order valence-electron chi connectivity index (χ4n) is 2.42. The molecular weight excluding hydrogens is 344 g/mol. The number of hydrogen-bond acceptors (Lipinski definition) is 6. The van der Waals surface area contributed by atoms with Crippen molar-refractivity contribution in [2.75, 3.05) is 5.32 Å². The average Bonchev–Trinajstić information content (AvgIpc) is 3.32. The molecule has 8 heteroatoms. The monoisotopic (exact) mass is 354 g/mol. The van der Waals surface area contributed by atoms with Gasteiger partial charge in [0, 0.05) is 16.5 Å². The number of aromatic nitrogens is 1. The Morgan fingerprint density at radius 1 is 1.20 bits per heavy atom. The number of benzene rings is 1. The number of rotatable bonds is 4. The molecule has 25 heavy (non-hydrogen) atoms.